The van der Waals surface area contributed by atoms with Gasteiger partial charge in [0.05, 0.1) is 11.5 Å². The molecule has 5 nitrogen and oxygen atoms in total. The van der Waals surface area contributed by atoms with Crippen molar-refractivity contribution >= 4 is 29.3 Å². The first-order valence-electron chi connectivity index (χ1n) is 7.87. The number of benzene rings is 3. The Bertz CT molecular complexity index is 987. The normalized spacial score (nSPS) is 18.8. The van der Waals surface area contributed by atoms with Gasteiger partial charge in [0.2, 0.25) is 7.29 Å². The van der Waals surface area contributed by atoms with Gasteiger partial charge in [0.15, 0.2) is 0 Å². The first-order chi connectivity index (χ1) is 12.1. The summed E-state index contributed by atoms with van der Waals surface area (Å²) in [4.78, 5) is 10.5. The fraction of sp³-hybridized carbons (Fsp3) is 0.0526. The summed E-state index contributed by atoms with van der Waals surface area (Å²) in [6.45, 7) is 0.514. The lowest BCUT2D eigenvalue weighted by atomic mass is 10.2. The Balaban J connectivity index is 1.87. The van der Waals surface area contributed by atoms with Crippen LogP contribution in [0.15, 0.2) is 78.9 Å². The van der Waals surface area contributed by atoms with Crippen LogP contribution >= 0.6 is 7.29 Å². The number of anilines is 1. The molecule has 0 spiro atoms. The van der Waals surface area contributed by atoms with Crippen LogP contribution < -0.4 is 15.3 Å². The standard InChI is InChI=1S/C19H15N2O3P/c22-21(23)17-12-10-16(11-13-17)20-14-15-6-4-5-9-19(15)25(20,24)18-7-2-1-3-8-18/h1-13H,14H2. The van der Waals surface area contributed by atoms with Crippen LogP contribution in [-0.2, 0) is 11.1 Å². The largest absolute Gasteiger partial charge is 0.311 e. The van der Waals surface area contributed by atoms with Crippen molar-refractivity contribution in [3.63, 3.8) is 0 Å². The highest BCUT2D eigenvalue weighted by Gasteiger charge is 2.42. The Labute approximate surface area is 145 Å². The van der Waals surface area contributed by atoms with Crippen LogP contribution in [0.1, 0.15) is 5.56 Å². The summed E-state index contributed by atoms with van der Waals surface area (Å²) in [5, 5.41) is 12.5. The molecular formula is C19H15N2O3P. The van der Waals surface area contributed by atoms with E-state index < -0.39 is 12.2 Å². The highest BCUT2D eigenvalue weighted by molar-refractivity contribution is 7.80. The smallest absolute Gasteiger partial charge is 0.269 e. The van der Waals surface area contributed by atoms with E-state index in [0.29, 0.717) is 12.2 Å². The zero-order chi connectivity index (χ0) is 17.4. The van der Waals surface area contributed by atoms with E-state index in [1.54, 1.807) is 12.1 Å². The van der Waals surface area contributed by atoms with E-state index in [2.05, 4.69) is 0 Å². The molecular weight excluding hydrogens is 335 g/mol. The fourth-order valence-corrected chi connectivity index (χ4v) is 6.27. The number of hydrogen-bond donors (Lipinski definition) is 0. The Morgan fingerprint density at radius 2 is 1.52 bits per heavy atom. The average molecular weight is 350 g/mol. The van der Waals surface area contributed by atoms with E-state index in [1.807, 2.05) is 59.3 Å². The van der Waals surface area contributed by atoms with E-state index >= 15 is 0 Å². The third kappa shape index (κ3) is 2.44. The van der Waals surface area contributed by atoms with E-state index in [-0.39, 0.29) is 5.69 Å². The van der Waals surface area contributed by atoms with Gasteiger partial charge in [0, 0.05) is 28.4 Å². The summed E-state index contributed by atoms with van der Waals surface area (Å²) < 4.78 is 16.1. The molecule has 1 aliphatic rings. The fourth-order valence-electron chi connectivity index (χ4n) is 3.24. The zero-order valence-corrected chi connectivity index (χ0v) is 14.2. The van der Waals surface area contributed by atoms with Crippen molar-refractivity contribution in [2.45, 2.75) is 6.54 Å². The minimum Gasteiger partial charge on any atom is -0.311 e. The molecule has 0 aliphatic carbocycles. The number of hydrogen-bond acceptors (Lipinski definition) is 3. The molecule has 1 heterocycles. The van der Waals surface area contributed by atoms with Crippen LogP contribution in [0.3, 0.4) is 0 Å². The molecule has 0 saturated heterocycles. The summed E-state index contributed by atoms with van der Waals surface area (Å²) in [7, 11) is -3.02. The van der Waals surface area contributed by atoms with Crippen LogP contribution in [0, 0.1) is 10.1 Å². The van der Waals surface area contributed by atoms with Gasteiger partial charge in [0.25, 0.3) is 5.69 Å². The number of nitrogens with zero attached hydrogens (tertiary/aromatic N) is 2. The molecule has 1 atom stereocenters. The van der Waals surface area contributed by atoms with Crippen molar-refractivity contribution in [2.24, 2.45) is 0 Å². The molecule has 0 saturated carbocycles. The van der Waals surface area contributed by atoms with Crippen LogP contribution in [0.5, 0.6) is 0 Å². The van der Waals surface area contributed by atoms with Crippen molar-refractivity contribution in [1.29, 1.82) is 0 Å². The molecule has 0 fully saturated rings. The number of rotatable bonds is 3. The lowest BCUT2D eigenvalue weighted by molar-refractivity contribution is -0.384. The number of non-ortho nitro benzene ring substituents is 1. The first-order valence-corrected chi connectivity index (χ1v) is 9.53. The van der Waals surface area contributed by atoms with Crippen LogP contribution in [-0.4, -0.2) is 4.92 Å². The molecule has 124 valence electrons. The van der Waals surface area contributed by atoms with E-state index in [4.69, 9.17) is 0 Å². The summed E-state index contributed by atoms with van der Waals surface area (Å²) in [5.41, 5.74) is 1.76. The van der Waals surface area contributed by atoms with Crippen LogP contribution in [0.4, 0.5) is 11.4 Å². The molecule has 6 heteroatoms. The Kier molecular flexibility index (Phi) is 3.66. The van der Waals surface area contributed by atoms with Crippen molar-refractivity contribution in [3.05, 3.63) is 94.5 Å². The monoisotopic (exact) mass is 350 g/mol. The maximum absolute atomic E-state index is 14.2. The molecule has 0 amide bonds. The van der Waals surface area contributed by atoms with Gasteiger partial charge < -0.3 is 4.67 Å². The van der Waals surface area contributed by atoms with E-state index in [9.17, 15) is 14.7 Å². The van der Waals surface area contributed by atoms with Crippen molar-refractivity contribution in [3.8, 4) is 0 Å². The van der Waals surface area contributed by atoms with Crippen molar-refractivity contribution in [2.75, 3.05) is 4.67 Å². The molecule has 0 aromatic heterocycles. The van der Waals surface area contributed by atoms with Crippen molar-refractivity contribution < 1.29 is 9.49 Å². The Morgan fingerprint density at radius 1 is 0.880 bits per heavy atom. The van der Waals surface area contributed by atoms with Gasteiger partial charge in [-0.3, -0.25) is 14.7 Å². The molecule has 25 heavy (non-hydrogen) atoms. The molecule has 1 unspecified atom stereocenters. The van der Waals surface area contributed by atoms with Gasteiger partial charge in [-0.05, 0) is 35.9 Å². The molecule has 0 N–H and O–H groups in total. The second-order valence-corrected chi connectivity index (χ2v) is 8.50. The molecule has 0 radical (unpaired) electrons. The molecule has 3 aromatic rings. The van der Waals surface area contributed by atoms with Crippen molar-refractivity contribution in [1.82, 2.24) is 0 Å². The minimum atomic E-state index is -3.02. The summed E-state index contributed by atoms with van der Waals surface area (Å²) >= 11 is 0. The maximum atomic E-state index is 14.2. The first kappa shape index (κ1) is 15.6. The van der Waals surface area contributed by atoms with E-state index in [1.165, 1.54) is 12.1 Å². The van der Waals surface area contributed by atoms with Gasteiger partial charge in [-0.2, -0.15) is 0 Å². The molecule has 0 bridgehead atoms. The van der Waals surface area contributed by atoms with Gasteiger partial charge in [-0.1, -0.05) is 36.4 Å². The molecule has 4 rings (SSSR count). The highest BCUT2D eigenvalue weighted by atomic mass is 31.2. The molecule has 3 aromatic carbocycles. The molecule has 1 aliphatic heterocycles. The van der Waals surface area contributed by atoms with Gasteiger partial charge in [0.1, 0.15) is 0 Å². The van der Waals surface area contributed by atoms with Gasteiger partial charge >= 0.3 is 0 Å². The van der Waals surface area contributed by atoms with Gasteiger partial charge in [-0.25, -0.2) is 0 Å². The summed E-state index contributed by atoms with van der Waals surface area (Å²) in [6, 6.07) is 23.4. The quantitative estimate of drug-likeness (QED) is 0.409. The maximum Gasteiger partial charge on any atom is 0.269 e. The lowest BCUT2D eigenvalue weighted by Crippen LogP contribution is -2.24. The minimum absolute atomic E-state index is 0.0232. The third-order valence-electron chi connectivity index (χ3n) is 4.44. The zero-order valence-electron chi connectivity index (χ0n) is 13.3. The number of nitro benzene ring substituents is 1. The highest BCUT2D eigenvalue weighted by Crippen LogP contribution is 2.55. The summed E-state index contributed by atoms with van der Waals surface area (Å²) in [5.74, 6) is 0. The van der Waals surface area contributed by atoms with Crippen LogP contribution in [0.2, 0.25) is 0 Å². The lowest BCUT2D eigenvalue weighted by Gasteiger charge is -2.27. The Hall–Kier alpha value is -2.91. The SMILES string of the molecule is O=[N+]([O-])c1ccc(N2Cc3ccccc3P2(=O)c2ccccc2)cc1. The topological polar surface area (TPSA) is 63.5 Å². The summed E-state index contributed by atoms with van der Waals surface area (Å²) in [6.07, 6.45) is 0. The number of fused-ring (bicyclic) bond motifs is 1. The predicted octanol–water partition coefficient (Wildman–Crippen LogP) is 3.84. The van der Waals surface area contributed by atoms with E-state index in [0.717, 1.165) is 16.2 Å². The number of nitro groups is 1. The third-order valence-corrected chi connectivity index (χ3v) is 7.58. The average Bonchev–Trinajstić information content (AvgIpc) is 2.97. The van der Waals surface area contributed by atoms with Crippen LogP contribution in [0.25, 0.3) is 0 Å². The second-order valence-electron chi connectivity index (χ2n) is 5.87. The predicted molar refractivity (Wildman–Crippen MR) is 99.0 cm³/mol. The van der Waals surface area contributed by atoms with Gasteiger partial charge in [-0.15, -0.1) is 0 Å². The second kappa shape index (κ2) is 5.87. The Morgan fingerprint density at radius 3 is 2.20 bits per heavy atom.